The topological polar surface area (TPSA) is 71.5 Å². The predicted octanol–water partition coefficient (Wildman–Crippen LogP) is 3.45. The van der Waals surface area contributed by atoms with Crippen LogP contribution in [0.1, 0.15) is 24.4 Å². The number of nitrogens with one attached hydrogen (secondary N) is 1. The summed E-state index contributed by atoms with van der Waals surface area (Å²) in [7, 11) is 1.90. The summed E-state index contributed by atoms with van der Waals surface area (Å²) < 4.78 is 3.91. The molecule has 1 aliphatic heterocycles. The molecule has 0 atom stereocenters. The van der Waals surface area contributed by atoms with Gasteiger partial charge in [0.05, 0.1) is 23.2 Å². The van der Waals surface area contributed by atoms with Gasteiger partial charge in [-0.1, -0.05) is 0 Å². The summed E-state index contributed by atoms with van der Waals surface area (Å²) in [5.41, 5.74) is 2.47. The van der Waals surface area contributed by atoms with Gasteiger partial charge in [-0.05, 0) is 44.1 Å². The molecule has 4 aromatic rings. The Labute approximate surface area is 154 Å². The van der Waals surface area contributed by atoms with Crippen LogP contribution < -0.4 is 5.32 Å². The molecule has 1 N–H and O–H groups in total. The van der Waals surface area contributed by atoms with E-state index in [-0.39, 0.29) is 0 Å². The smallest absolute Gasteiger partial charge is 0.146 e. The van der Waals surface area contributed by atoms with Crippen molar-refractivity contribution in [1.29, 1.82) is 5.26 Å². The van der Waals surface area contributed by atoms with Crippen LogP contribution in [-0.2, 0) is 7.05 Å². The van der Waals surface area contributed by atoms with Crippen LogP contribution in [0.15, 0.2) is 30.6 Å². The average molecular weight is 362 g/mol. The second kappa shape index (κ2) is 5.94. The standard InChI is InChI=1S/C19H18N6S/c1-24-10-13-6-16(12(9-20)7-17(13)22-24)18-8-14-11-25(23-19(14)26-18)15-2-4-21-5-3-15/h6-8,10-11,15,21H,2-5H2,1H3. The molecule has 5 rings (SSSR count). The molecule has 0 spiro atoms. The Balaban J connectivity index is 1.57. The van der Waals surface area contributed by atoms with Gasteiger partial charge in [-0.15, -0.1) is 11.3 Å². The van der Waals surface area contributed by atoms with Crippen LogP contribution in [0.2, 0.25) is 0 Å². The molecule has 0 unspecified atom stereocenters. The lowest BCUT2D eigenvalue weighted by Crippen LogP contribution is -2.29. The number of aromatic nitrogens is 4. The number of piperidine rings is 1. The Morgan fingerprint density at radius 3 is 2.77 bits per heavy atom. The molecule has 26 heavy (non-hydrogen) atoms. The highest BCUT2D eigenvalue weighted by molar-refractivity contribution is 7.21. The molecule has 130 valence electrons. The zero-order valence-electron chi connectivity index (χ0n) is 14.4. The Morgan fingerprint density at radius 2 is 2.00 bits per heavy atom. The fraction of sp³-hybridized carbons (Fsp3) is 0.316. The van der Waals surface area contributed by atoms with Crippen molar-refractivity contribution >= 4 is 32.5 Å². The van der Waals surface area contributed by atoms with E-state index in [4.69, 9.17) is 5.10 Å². The van der Waals surface area contributed by atoms with Crippen molar-refractivity contribution in [3.63, 3.8) is 0 Å². The van der Waals surface area contributed by atoms with Crippen LogP contribution in [0.25, 0.3) is 31.6 Å². The number of fused-ring (bicyclic) bond motifs is 2. The van der Waals surface area contributed by atoms with Crippen LogP contribution >= 0.6 is 11.3 Å². The van der Waals surface area contributed by atoms with Crippen LogP contribution in [-0.4, -0.2) is 32.7 Å². The molecule has 1 aromatic carbocycles. The average Bonchev–Trinajstić information content (AvgIpc) is 3.32. The highest BCUT2D eigenvalue weighted by Gasteiger charge is 2.18. The molecular formula is C19H18N6S. The molecule has 3 aromatic heterocycles. The third kappa shape index (κ3) is 2.50. The zero-order chi connectivity index (χ0) is 17.7. The summed E-state index contributed by atoms with van der Waals surface area (Å²) in [5.74, 6) is 0. The van der Waals surface area contributed by atoms with Crippen molar-refractivity contribution in [3.8, 4) is 16.5 Å². The van der Waals surface area contributed by atoms with Gasteiger partial charge in [0.25, 0.3) is 0 Å². The fourth-order valence-corrected chi connectivity index (χ4v) is 4.76. The third-order valence-corrected chi connectivity index (χ3v) is 6.11. The first-order valence-corrected chi connectivity index (χ1v) is 9.60. The van der Waals surface area contributed by atoms with Crippen LogP contribution in [0, 0.1) is 11.3 Å². The van der Waals surface area contributed by atoms with Crippen LogP contribution in [0.4, 0.5) is 0 Å². The molecular weight excluding hydrogens is 344 g/mol. The second-order valence-corrected chi connectivity index (χ2v) is 7.86. The Morgan fingerprint density at radius 1 is 1.15 bits per heavy atom. The summed E-state index contributed by atoms with van der Waals surface area (Å²) in [4.78, 5) is 2.12. The number of rotatable bonds is 2. The minimum atomic E-state index is 0.487. The van der Waals surface area contributed by atoms with Gasteiger partial charge in [0.1, 0.15) is 4.83 Å². The number of hydrogen-bond acceptors (Lipinski definition) is 5. The highest BCUT2D eigenvalue weighted by Crippen LogP contribution is 2.37. The van der Waals surface area contributed by atoms with Gasteiger partial charge in [0.15, 0.2) is 0 Å². The van der Waals surface area contributed by atoms with E-state index >= 15 is 0 Å². The van der Waals surface area contributed by atoms with Crippen molar-refractivity contribution in [2.75, 3.05) is 13.1 Å². The first kappa shape index (κ1) is 15.6. The van der Waals surface area contributed by atoms with Gasteiger partial charge >= 0.3 is 0 Å². The minimum Gasteiger partial charge on any atom is -0.317 e. The fourth-order valence-electron chi connectivity index (χ4n) is 3.72. The Bertz CT molecular complexity index is 1120. The number of nitrogens with zero attached hydrogens (tertiary/aromatic N) is 5. The molecule has 4 heterocycles. The van der Waals surface area contributed by atoms with E-state index in [9.17, 15) is 5.26 Å². The lowest BCUT2D eigenvalue weighted by molar-refractivity contribution is 0.345. The molecule has 0 saturated carbocycles. The van der Waals surface area contributed by atoms with Gasteiger partial charge in [0.2, 0.25) is 0 Å². The third-order valence-electron chi connectivity index (χ3n) is 5.04. The maximum atomic E-state index is 9.58. The molecule has 1 aliphatic rings. The Hall–Kier alpha value is -2.69. The molecule has 0 aliphatic carbocycles. The summed E-state index contributed by atoms with van der Waals surface area (Å²) >= 11 is 1.65. The van der Waals surface area contributed by atoms with Crippen molar-refractivity contribution in [1.82, 2.24) is 24.9 Å². The lowest BCUT2D eigenvalue weighted by Gasteiger charge is -2.22. The van der Waals surface area contributed by atoms with Gasteiger partial charge < -0.3 is 5.32 Å². The summed E-state index contributed by atoms with van der Waals surface area (Å²) in [6.45, 7) is 2.11. The van der Waals surface area contributed by atoms with Gasteiger partial charge in [0, 0.05) is 40.7 Å². The number of thiophene rings is 1. The molecule has 1 fully saturated rings. The predicted molar refractivity (Wildman–Crippen MR) is 103 cm³/mol. The first-order valence-electron chi connectivity index (χ1n) is 8.78. The monoisotopic (exact) mass is 362 g/mol. The Kier molecular flexibility index (Phi) is 3.55. The van der Waals surface area contributed by atoms with Crippen molar-refractivity contribution in [2.24, 2.45) is 7.05 Å². The molecule has 0 bridgehead atoms. The molecule has 0 radical (unpaired) electrons. The van der Waals surface area contributed by atoms with Crippen LogP contribution in [0.5, 0.6) is 0 Å². The van der Waals surface area contributed by atoms with Crippen LogP contribution in [0.3, 0.4) is 0 Å². The SMILES string of the molecule is Cn1cc2cc(-c3cc4cn(C5CCNCC5)nc4s3)c(C#N)cc2n1. The maximum absolute atomic E-state index is 9.58. The van der Waals surface area contributed by atoms with E-state index in [1.165, 1.54) is 0 Å². The van der Waals surface area contributed by atoms with E-state index in [1.807, 2.05) is 19.3 Å². The number of benzene rings is 1. The van der Waals surface area contributed by atoms with E-state index in [1.54, 1.807) is 16.0 Å². The molecule has 1 saturated heterocycles. The van der Waals surface area contributed by atoms with Crippen molar-refractivity contribution in [3.05, 3.63) is 36.2 Å². The summed E-state index contributed by atoms with van der Waals surface area (Å²) in [6, 6.07) is 8.90. The molecule has 0 amide bonds. The number of nitriles is 1. The molecule has 6 nitrogen and oxygen atoms in total. The minimum absolute atomic E-state index is 0.487. The second-order valence-electron chi connectivity index (χ2n) is 6.83. The van der Waals surface area contributed by atoms with E-state index in [0.29, 0.717) is 11.6 Å². The van der Waals surface area contributed by atoms with Gasteiger partial charge in [-0.25, -0.2) is 0 Å². The van der Waals surface area contributed by atoms with E-state index in [0.717, 1.165) is 57.5 Å². The maximum Gasteiger partial charge on any atom is 0.146 e. The zero-order valence-corrected chi connectivity index (χ0v) is 15.3. The highest BCUT2D eigenvalue weighted by atomic mass is 32.1. The van der Waals surface area contributed by atoms with E-state index < -0.39 is 0 Å². The summed E-state index contributed by atoms with van der Waals surface area (Å²) in [5, 5.41) is 24.4. The largest absolute Gasteiger partial charge is 0.317 e. The van der Waals surface area contributed by atoms with Crippen molar-refractivity contribution < 1.29 is 0 Å². The van der Waals surface area contributed by atoms with Crippen molar-refractivity contribution in [2.45, 2.75) is 18.9 Å². The van der Waals surface area contributed by atoms with Gasteiger partial charge in [-0.2, -0.15) is 15.5 Å². The number of hydrogen-bond donors (Lipinski definition) is 1. The normalized spacial score (nSPS) is 15.7. The number of aryl methyl sites for hydroxylation is 1. The van der Waals surface area contributed by atoms with E-state index in [2.05, 4.69) is 39.5 Å². The summed E-state index contributed by atoms with van der Waals surface area (Å²) in [6.07, 6.45) is 6.38. The van der Waals surface area contributed by atoms with Gasteiger partial charge in [-0.3, -0.25) is 9.36 Å². The molecule has 7 heteroatoms. The first-order chi connectivity index (χ1) is 12.7. The lowest BCUT2D eigenvalue weighted by atomic mass is 10.0. The quantitative estimate of drug-likeness (QED) is 0.593.